The van der Waals surface area contributed by atoms with E-state index in [-0.39, 0.29) is 24.6 Å². The fourth-order valence-electron chi connectivity index (χ4n) is 4.22. The summed E-state index contributed by atoms with van der Waals surface area (Å²) >= 11 is 6.14. The molecular weight excluding hydrogens is 534 g/mol. The standard InChI is InChI=1S/C30H36ClN3O4S/c1-22-12-9-10-15-24(22)20-33(27(29(36)32-30(2,3)4)18-23-13-7-6-8-14-23)28(35)21-34(39(5,37)38)26-17-11-16-25(31)19-26/h6-17,19,27H,18,20-21H2,1-5H3,(H,32,36). The molecule has 1 N–H and O–H groups in total. The van der Waals surface area contributed by atoms with E-state index in [0.717, 1.165) is 27.3 Å². The van der Waals surface area contributed by atoms with Crippen molar-refractivity contribution in [1.29, 1.82) is 0 Å². The maximum Gasteiger partial charge on any atom is 0.244 e. The molecule has 208 valence electrons. The number of nitrogens with one attached hydrogen (secondary N) is 1. The third kappa shape index (κ3) is 8.83. The number of carbonyl (C=O) groups excluding carboxylic acids is 2. The van der Waals surface area contributed by atoms with Gasteiger partial charge in [-0.15, -0.1) is 0 Å². The minimum Gasteiger partial charge on any atom is -0.350 e. The number of benzene rings is 3. The van der Waals surface area contributed by atoms with Gasteiger partial charge < -0.3 is 10.2 Å². The molecule has 3 rings (SSSR count). The lowest BCUT2D eigenvalue weighted by molar-refractivity contribution is -0.140. The van der Waals surface area contributed by atoms with Crippen LogP contribution in [0.2, 0.25) is 5.02 Å². The highest BCUT2D eigenvalue weighted by Crippen LogP contribution is 2.24. The summed E-state index contributed by atoms with van der Waals surface area (Å²) in [7, 11) is -3.85. The number of anilines is 1. The number of nitrogens with zero attached hydrogens (tertiary/aromatic N) is 2. The van der Waals surface area contributed by atoms with Gasteiger partial charge in [0, 0.05) is 23.5 Å². The number of aryl methyl sites for hydroxylation is 1. The first-order valence-electron chi connectivity index (χ1n) is 12.7. The minimum atomic E-state index is -3.85. The summed E-state index contributed by atoms with van der Waals surface area (Å²) in [4.78, 5) is 29.3. The van der Waals surface area contributed by atoms with Gasteiger partial charge in [0.15, 0.2) is 0 Å². The molecule has 0 fully saturated rings. The van der Waals surface area contributed by atoms with Gasteiger partial charge in [-0.1, -0.05) is 72.3 Å². The van der Waals surface area contributed by atoms with Crippen molar-refractivity contribution < 1.29 is 18.0 Å². The van der Waals surface area contributed by atoms with Gasteiger partial charge >= 0.3 is 0 Å². The van der Waals surface area contributed by atoms with E-state index in [2.05, 4.69) is 5.32 Å². The zero-order valence-corrected chi connectivity index (χ0v) is 24.6. The Morgan fingerprint density at radius 2 is 1.59 bits per heavy atom. The van der Waals surface area contributed by atoms with Crippen molar-refractivity contribution in [3.05, 3.63) is 101 Å². The second-order valence-electron chi connectivity index (χ2n) is 10.6. The molecule has 0 spiro atoms. The molecule has 0 radical (unpaired) electrons. The largest absolute Gasteiger partial charge is 0.350 e. The van der Waals surface area contributed by atoms with E-state index in [4.69, 9.17) is 11.6 Å². The highest BCUT2D eigenvalue weighted by molar-refractivity contribution is 7.92. The van der Waals surface area contributed by atoms with Crippen LogP contribution in [0.5, 0.6) is 0 Å². The molecule has 0 aliphatic rings. The van der Waals surface area contributed by atoms with E-state index in [1.807, 2.05) is 82.3 Å². The van der Waals surface area contributed by atoms with Gasteiger partial charge in [-0.3, -0.25) is 13.9 Å². The molecule has 0 saturated heterocycles. The summed E-state index contributed by atoms with van der Waals surface area (Å²) in [6.45, 7) is 7.22. The minimum absolute atomic E-state index is 0.133. The van der Waals surface area contributed by atoms with E-state index in [1.165, 1.54) is 11.0 Å². The van der Waals surface area contributed by atoms with Gasteiger partial charge in [0.25, 0.3) is 0 Å². The smallest absolute Gasteiger partial charge is 0.244 e. The first-order chi connectivity index (χ1) is 18.2. The Kier molecular flexibility index (Phi) is 9.80. The third-order valence-electron chi connectivity index (χ3n) is 6.15. The van der Waals surface area contributed by atoms with E-state index in [1.54, 1.807) is 18.2 Å². The molecule has 0 aliphatic carbocycles. The van der Waals surface area contributed by atoms with Crippen LogP contribution in [0.4, 0.5) is 5.69 Å². The molecular formula is C30H36ClN3O4S. The Bertz CT molecular complexity index is 1400. The normalized spacial score (nSPS) is 12.5. The monoisotopic (exact) mass is 569 g/mol. The van der Waals surface area contributed by atoms with Crippen LogP contribution in [0.25, 0.3) is 0 Å². The summed E-state index contributed by atoms with van der Waals surface area (Å²) in [5.74, 6) is -0.824. The van der Waals surface area contributed by atoms with Crippen LogP contribution in [-0.2, 0) is 32.6 Å². The molecule has 3 aromatic rings. The van der Waals surface area contributed by atoms with Crippen molar-refractivity contribution in [2.75, 3.05) is 17.1 Å². The van der Waals surface area contributed by atoms with E-state index in [0.29, 0.717) is 5.02 Å². The zero-order valence-electron chi connectivity index (χ0n) is 23.0. The molecule has 1 atom stereocenters. The van der Waals surface area contributed by atoms with Crippen LogP contribution >= 0.6 is 11.6 Å². The lowest BCUT2D eigenvalue weighted by Crippen LogP contribution is -2.56. The fourth-order valence-corrected chi connectivity index (χ4v) is 5.25. The Labute approximate surface area is 236 Å². The van der Waals surface area contributed by atoms with E-state index < -0.39 is 34.1 Å². The first kappa shape index (κ1) is 30.2. The third-order valence-corrected chi connectivity index (χ3v) is 7.52. The van der Waals surface area contributed by atoms with Gasteiger partial charge in [0.1, 0.15) is 12.6 Å². The topological polar surface area (TPSA) is 86.8 Å². The van der Waals surface area contributed by atoms with Crippen LogP contribution in [-0.4, -0.2) is 49.5 Å². The molecule has 39 heavy (non-hydrogen) atoms. The van der Waals surface area contributed by atoms with Crippen molar-refractivity contribution in [3.63, 3.8) is 0 Å². The Hall–Kier alpha value is -3.36. The number of rotatable bonds is 10. The zero-order chi connectivity index (χ0) is 28.8. The summed E-state index contributed by atoms with van der Waals surface area (Å²) < 4.78 is 26.7. The SMILES string of the molecule is Cc1ccccc1CN(C(=O)CN(c1cccc(Cl)c1)S(C)(=O)=O)C(Cc1ccccc1)C(=O)NC(C)(C)C. The number of hydrogen-bond acceptors (Lipinski definition) is 4. The molecule has 3 aromatic carbocycles. The Morgan fingerprint density at radius 1 is 0.949 bits per heavy atom. The summed E-state index contributed by atoms with van der Waals surface area (Å²) in [6.07, 6.45) is 1.30. The maximum atomic E-state index is 14.1. The van der Waals surface area contributed by atoms with Crippen LogP contribution in [0.3, 0.4) is 0 Å². The van der Waals surface area contributed by atoms with Gasteiger partial charge in [-0.05, 0) is 62.6 Å². The van der Waals surface area contributed by atoms with Crippen LogP contribution in [0.1, 0.15) is 37.5 Å². The van der Waals surface area contributed by atoms with Crippen LogP contribution < -0.4 is 9.62 Å². The van der Waals surface area contributed by atoms with Crippen molar-refractivity contribution in [2.45, 2.75) is 52.2 Å². The molecule has 0 aliphatic heterocycles. The van der Waals surface area contributed by atoms with Gasteiger partial charge in [0.2, 0.25) is 21.8 Å². The van der Waals surface area contributed by atoms with E-state index >= 15 is 0 Å². The molecule has 9 heteroatoms. The predicted molar refractivity (Wildman–Crippen MR) is 157 cm³/mol. The lowest BCUT2D eigenvalue weighted by atomic mass is 10.00. The number of sulfonamides is 1. The second-order valence-corrected chi connectivity index (χ2v) is 13.0. The molecule has 0 bridgehead atoms. The van der Waals surface area contributed by atoms with Crippen molar-refractivity contribution in [1.82, 2.24) is 10.2 Å². The van der Waals surface area contributed by atoms with Gasteiger partial charge in [-0.2, -0.15) is 0 Å². The molecule has 0 aromatic heterocycles. The number of halogens is 1. The summed E-state index contributed by atoms with van der Waals surface area (Å²) in [5, 5.41) is 3.36. The fraction of sp³-hybridized carbons (Fsp3) is 0.333. The highest BCUT2D eigenvalue weighted by Gasteiger charge is 2.34. The second kappa shape index (κ2) is 12.7. The highest BCUT2D eigenvalue weighted by atomic mass is 35.5. The first-order valence-corrected chi connectivity index (χ1v) is 14.9. The van der Waals surface area contributed by atoms with Crippen molar-refractivity contribution in [2.24, 2.45) is 0 Å². The molecule has 0 heterocycles. The number of carbonyl (C=O) groups is 2. The quantitative estimate of drug-likeness (QED) is 0.373. The van der Waals surface area contributed by atoms with Crippen molar-refractivity contribution >= 4 is 39.1 Å². The number of hydrogen-bond donors (Lipinski definition) is 1. The Morgan fingerprint density at radius 3 is 2.18 bits per heavy atom. The molecule has 2 amide bonds. The number of amides is 2. The molecule has 0 saturated carbocycles. The predicted octanol–water partition coefficient (Wildman–Crippen LogP) is 4.97. The average Bonchev–Trinajstić information content (AvgIpc) is 2.84. The Balaban J connectivity index is 2.09. The van der Waals surface area contributed by atoms with E-state index in [9.17, 15) is 18.0 Å². The summed E-state index contributed by atoms with van der Waals surface area (Å²) in [5.41, 5.74) is 2.43. The molecule has 1 unspecified atom stereocenters. The van der Waals surface area contributed by atoms with Gasteiger partial charge in [0.05, 0.1) is 11.9 Å². The average molecular weight is 570 g/mol. The van der Waals surface area contributed by atoms with Crippen molar-refractivity contribution in [3.8, 4) is 0 Å². The lowest BCUT2D eigenvalue weighted by Gasteiger charge is -2.35. The van der Waals surface area contributed by atoms with Crippen LogP contribution in [0, 0.1) is 6.92 Å². The summed E-state index contributed by atoms with van der Waals surface area (Å²) in [6, 6.07) is 22.5. The van der Waals surface area contributed by atoms with Gasteiger partial charge in [-0.25, -0.2) is 8.42 Å². The molecule has 7 nitrogen and oxygen atoms in total. The van der Waals surface area contributed by atoms with Crippen LogP contribution in [0.15, 0.2) is 78.9 Å². The maximum absolute atomic E-state index is 14.1.